The molecule has 1 aromatic heterocycles. The summed E-state index contributed by atoms with van der Waals surface area (Å²) in [5.74, 6) is 1.02. The van der Waals surface area contributed by atoms with Crippen molar-refractivity contribution in [1.82, 2.24) is 9.97 Å². The molecule has 31 heavy (non-hydrogen) atoms. The van der Waals surface area contributed by atoms with Crippen molar-refractivity contribution in [3.63, 3.8) is 0 Å². The molecular weight excluding hydrogens is 394 g/mol. The lowest BCUT2D eigenvalue weighted by molar-refractivity contribution is 0.0692. The summed E-state index contributed by atoms with van der Waals surface area (Å²) >= 11 is 0. The molecule has 160 valence electrons. The van der Waals surface area contributed by atoms with Crippen LogP contribution in [0.4, 0.5) is 5.82 Å². The molecule has 2 aromatic carbocycles. The summed E-state index contributed by atoms with van der Waals surface area (Å²) in [6, 6.07) is 13.2. The van der Waals surface area contributed by atoms with E-state index in [1.165, 1.54) is 23.5 Å². The van der Waals surface area contributed by atoms with Crippen molar-refractivity contribution >= 4 is 11.8 Å². The molecule has 2 heterocycles. The quantitative estimate of drug-likeness (QED) is 0.565. The highest BCUT2D eigenvalue weighted by Gasteiger charge is 2.14. The molecule has 0 atom stereocenters. The fraction of sp³-hybridized carbons (Fsp3) is 0.292. The Morgan fingerprint density at radius 2 is 2.10 bits per heavy atom. The van der Waals surface area contributed by atoms with Crippen LogP contribution in [0.1, 0.15) is 34.8 Å². The highest BCUT2D eigenvalue weighted by atomic mass is 16.5. The molecule has 1 aliphatic heterocycles. The van der Waals surface area contributed by atoms with E-state index in [1.807, 2.05) is 13.0 Å². The van der Waals surface area contributed by atoms with E-state index in [4.69, 9.17) is 9.47 Å². The molecular formula is C24H25N3O4. The van der Waals surface area contributed by atoms with Crippen molar-refractivity contribution in [2.24, 2.45) is 0 Å². The number of hydrogen-bond acceptors (Lipinski definition) is 6. The Labute approximate surface area is 181 Å². The zero-order chi connectivity index (χ0) is 21.6. The van der Waals surface area contributed by atoms with Gasteiger partial charge in [-0.15, -0.1) is 0 Å². The molecule has 7 heteroatoms. The lowest BCUT2D eigenvalue weighted by Crippen LogP contribution is -2.10. The van der Waals surface area contributed by atoms with Crippen molar-refractivity contribution in [2.75, 3.05) is 25.1 Å². The first-order valence-corrected chi connectivity index (χ1v) is 10.4. The average molecular weight is 419 g/mol. The highest BCUT2D eigenvalue weighted by Crippen LogP contribution is 2.28. The van der Waals surface area contributed by atoms with Gasteiger partial charge in [-0.25, -0.2) is 14.8 Å². The van der Waals surface area contributed by atoms with Crippen LogP contribution < -0.4 is 14.8 Å². The topological polar surface area (TPSA) is 93.6 Å². The number of hydrogen-bond donors (Lipinski definition) is 2. The van der Waals surface area contributed by atoms with Crippen molar-refractivity contribution in [3.8, 4) is 22.8 Å². The number of aryl methyl sites for hydroxylation is 1. The molecule has 4 rings (SSSR count). The Bertz CT molecular complexity index is 1080. The number of carbonyl (C=O) groups is 1. The Kier molecular flexibility index (Phi) is 6.31. The number of anilines is 1. The molecule has 3 aromatic rings. The lowest BCUT2D eigenvalue weighted by atomic mass is 10.0. The molecule has 7 nitrogen and oxygen atoms in total. The molecule has 0 saturated carbocycles. The summed E-state index contributed by atoms with van der Waals surface area (Å²) in [7, 11) is 0. The molecule has 0 amide bonds. The van der Waals surface area contributed by atoms with E-state index in [2.05, 4.69) is 33.5 Å². The first-order chi connectivity index (χ1) is 15.1. The van der Waals surface area contributed by atoms with Crippen LogP contribution in [0.3, 0.4) is 0 Å². The van der Waals surface area contributed by atoms with E-state index in [0.29, 0.717) is 23.9 Å². The van der Waals surface area contributed by atoms with Gasteiger partial charge in [-0.2, -0.15) is 0 Å². The summed E-state index contributed by atoms with van der Waals surface area (Å²) in [4.78, 5) is 20.0. The van der Waals surface area contributed by atoms with Crippen LogP contribution in [0.5, 0.6) is 11.5 Å². The summed E-state index contributed by atoms with van der Waals surface area (Å²) in [6.45, 7) is 3.71. The molecule has 0 radical (unpaired) electrons. The minimum absolute atomic E-state index is 0.132. The Morgan fingerprint density at radius 3 is 2.94 bits per heavy atom. The molecule has 0 unspecified atom stereocenters. The minimum atomic E-state index is -1.02. The molecule has 2 N–H and O–H groups in total. The Balaban J connectivity index is 1.44. The van der Waals surface area contributed by atoms with Gasteiger partial charge in [-0.05, 0) is 55.5 Å². The SMILES string of the molecule is CCOc1cc(-c2cc(NCCc3ccc4c(c3)OCCC4)ncn2)ccc1C(=O)O. The molecule has 0 saturated heterocycles. The van der Waals surface area contributed by atoms with E-state index >= 15 is 0 Å². The van der Waals surface area contributed by atoms with Gasteiger partial charge in [0.15, 0.2) is 0 Å². The van der Waals surface area contributed by atoms with Crippen molar-refractivity contribution in [2.45, 2.75) is 26.2 Å². The number of aromatic carboxylic acids is 1. The van der Waals surface area contributed by atoms with Crippen LogP contribution in [0.15, 0.2) is 48.8 Å². The average Bonchev–Trinajstić information content (AvgIpc) is 2.79. The molecule has 1 aliphatic rings. The molecule has 0 aliphatic carbocycles. The first kappa shape index (κ1) is 20.7. The second-order valence-electron chi connectivity index (χ2n) is 7.31. The van der Waals surface area contributed by atoms with Crippen LogP contribution >= 0.6 is 0 Å². The fourth-order valence-corrected chi connectivity index (χ4v) is 3.62. The number of nitrogens with one attached hydrogen (secondary N) is 1. The van der Waals surface area contributed by atoms with Crippen LogP contribution in [-0.4, -0.2) is 40.8 Å². The van der Waals surface area contributed by atoms with Crippen molar-refractivity contribution in [3.05, 3.63) is 65.5 Å². The number of carboxylic acids is 1. The van der Waals surface area contributed by atoms with Crippen LogP contribution in [0.25, 0.3) is 11.3 Å². The van der Waals surface area contributed by atoms with Gasteiger partial charge in [0.2, 0.25) is 0 Å². The van der Waals surface area contributed by atoms with E-state index in [1.54, 1.807) is 12.1 Å². The van der Waals surface area contributed by atoms with E-state index in [9.17, 15) is 9.90 Å². The second kappa shape index (κ2) is 9.47. The third-order valence-electron chi connectivity index (χ3n) is 5.17. The molecule has 0 spiro atoms. The number of benzene rings is 2. The maximum atomic E-state index is 11.4. The van der Waals surface area contributed by atoms with Crippen LogP contribution in [0, 0.1) is 0 Å². The van der Waals surface area contributed by atoms with Gasteiger partial charge >= 0.3 is 5.97 Å². The van der Waals surface area contributed by atoms with Gasteiger partial charge in [-0.3, -0.25) is 0 Å². The number of ether oxygens (including phenoxy) is 2. The predicted molar refractivity (Wildman–Crippen MR) is 118 cm³/mol. The standard InChI is InChI=1S/C24H25N3O4/c1-2-30-22-13-18(7-8-19(22)24(28)29)20-14-23(27-15-26-20)25-10-9-16-5-6-17-4-3-11-31-21(17)12-16/h5-8,12-15H,2-4,9-11H2,1H3,(H,28,29)(H,25,26,27). The van der Waals surface area contributed by atoms with Gasteiger partial charge in [0, 0.05) is 18.2 Å². The van der Waals surface area contributed by atoms with E-state index in [-0.39, 0.29) is 5.56 Å². The van der Waals surface area contributed by atoms with Gasteiger partial charge < -0.3 is 19.9 Å². The Hall–Kier alpha value is -3.61. The third-order valence-corrected chi connectivity index (χ3v) is 5.17. The van der Waals surface area contributed by atoms with Crippen LogP contribution in [0.2, 0.25) is 0 Å². The van der Waals surface area contributed by atoms with E-state index < -0.39 is 5.97 Å². The second-order valence-corrected chi connectivity index (χ2v) is 7.31. The first-order valence-electron chi connectivity index (χ1n) is 10.4. The Morgan fingerprint density at radius 1 is 1.19 bits per heavy atom. The zero-order valence-electron chi connectivity index (χ0n) is 17.4. The fourth-order valence-electron chi connectivity index (χ4n) is 3.62. The molecule has 0 bridgehead atoms. The number of fused-ring (bicyclic) bond motifs is 1. The molecule has 0 fully saturated rings. The summed E-state index contributed by atoms with van der Waals surface area (Å²) in [5.41, 5.74) is 4.09. The third kappa shape index (κ3) is 4.94. The number of nitrogens with zero attached hydrogens (tertiary/aromatic N) is 2. The normalized spacial score (nSPS) is 12.5. The van der Waals surface area contributed by atoms with Gasteiger partial charge in [-0.1, -0.05) is 18.2 Å². The monoisotopic (exact) mass is 419 g/mol. The van der Waals surface area contributed by atoms with Crippen molar-refractivity contribution < 1.29 is 19.4 Å². The van der Waals surface area contributed by atoms with Gasteiger partial charge in [0.25, 0.3) is 0 Å². The summed E-state index contributed by atoms with van der Waals surface area (Å²) in [6.07, 6.45) is 4.50. The minimum Gasteiger partial charge on any atom is -0.493 e. The van der Waals surface area contributed by atoms with Crippen LogP contribution in [-0.2, 0) is 12.8 Å². The zero-order valence-corrected chi connectivity index (χ0v) is 17.4. The maximum Gasteiger partial charge on any atom is 0.339 e. The van der Waals surface area contributed by atoms with Gasteiger partial charge in [0.05, 0.1) is 18.9 Å². The number of rotatable bonds is 8. The predicted octanol–water partition coefficient (Wildman–Crippen LogP) is 4.22. The summed E-state index contributed by atoms with van der Waals surface area (Å²) < 4.78 is 11.2. The summed E-state index contributed by atoms with van der Waals surface area (Å²) in [5, 5.41) is 12.7. The lowest BCUT2D eigenvalue weighted by Gasteiger charge is -2.18. The smallest absolute Gasteiger partial charge is 0.339 e. The van der Waals surface area contributed by atoms with Crippen molar-refractivity contribution in [1.29, 1.82) is 0 Å². The highest BCUT2D eigenvalue weighted by molar-refractivity contribution is 5.91. The largest absolute Gasteiger partial charge is 0.493 e. The number of carboxylic acid groups (broad SMARTS) is 1. The number of aromatic nitrogens is 2. The van der Waals surface area contributed by atoms with E-state index in [0.717, 1.165) is 43.7 Å². The maximum absolute atomic E-state index is 11.4. The van der Waals surface area contributed by atoms with Gasteiger partial charge in [0.1, 0.15) is 29.2 Å².